The largest absolute Gasteiger partial charge is 0.497 e. The van der Waals surface area contributed by atoms with Gasteiger partial charge in [-0.15, -0.1) is 11.3 Å². The van der Waals surface area contributed by atoms with Gasteiger partial charge in [0.15, 0.2) is 11.5 Å². The van der Waals surface area contributed by atoms with E-state index in [-0.39, 0.29) is 12.3 Å². The van der Waals surface area contributed by atoms with Crippen molar-refractivity contribution in [3.8, 4) is 23.0 Å². The second kappa shape index (κ2) is 10.7. The average molecular weight is 493 g/mol. The Kier molecular flexibility index (Phi) is 7.41. The Hall–Kier alpha value is -3.78. The molecule has 1 aliphatic rings. The van der Waals surface area contributed by atoms with E-state index in [4.69, 9.17) is 18.9 Å². The van der Waals surface area contributed by atoms with Crippen LogP contribution in [0.1, 0.15) is 35.0 Å². The number of methoxy groups -OCH3 is 4. The van der Waals surface area contributed by atoms with Crippen molar-refractivity contribution in [3.63, 3.8) is 0 Å². The maximum Gasteiger partial charge on any atom is 0.224 e. The molecular weight excluding hydrogens is 464 g/mol. The minimum absolute atomic E-state index is 0.0580. The highest BCUT2D eigenvalue weighted by atomic mass is 32.1. The Morgan fingerprint density at radius 3 is 2.34 bits per heavy atom. The molecule has 0 bridgehead atoms. The molecule has 0 atom stereocenters. The molecule has 2 aromatic carbocycles. The molecule has 1 aliphatic carbocycles. The van der Waals surface area contributed by atoms with Gasteiger partial charge in [0.2, 0.25) is 11.7 Å². The van der Waals surface area contributed by atoms with Gasteiger partial charge in [0.05, 0.1) is 41.4 Å². The Morgan fingerprint density at radius 2 is 1.74 bits per heavy atom. The molecule has 1 amide bonds. The maximum absolute atomic E-state index is 12.8. The first-order valence-electron chi connectivity index (χ1n) is 11.0. The highest BCUT2D eigenvalue weighted by Gasteiger charge is 2.26. The number of fused-ring (bicyclic) bond motifs is 1. The number of carbonyl (C=O) groups excluding carboxylic acids is 1. The van der Waals surface area contributed by atoms with Crippen molar-refractivity contribution in [3.05, 3.63) is 69.2 Å². The lowest BCUT2D eigenvalue weighted by atomic mass is 10.00. The summed E-state index contributed by atoms with van der Waals surface area (Å²) in [6.07, 6.45) is 4.06. The zero-order valence-electron chi connectivity index (χ0n) is 20.4. The van der Waals surface area contributed by atoms with Gasteiger partial charge in [-0.3, -0.25) is 4.79 Å². The van der Waals surface area contributed by atoms with Gasteiger partial charge in [0.25, 0.3) is 0 Å². The lowest BCUT2D eigenvalue weighted by molar-refractivity contribution is -0.120. The van der Waals surface area contributed by atoms with Crippen LogP contribution in [0.25, 0.3) is 17.2 Å². The molecule has 1 N–H and O–H groups in total. The SMILES string of the molecule is COc1ccc2c(c1)C(CC(=O)NCc1nccs1)=C(C)C2=Cc1cc(OC)c(OC)c(OC)c1. The van der Waals surface area contributed by atoms with Crippen molar-refractivity contribution in [2.24, 2.45) is 0 Å². The predicted molar refractivity (Wildman–Crippen MR) is 138 cm³/mol. The summed E-state index contributed by atoms with van der Waals surface area (Å²) >= 11 is 1.52. The number of allylic oxidation sites excluding steroid dienone is 2. The Morgan fingerprint density at radius 1 is 1.00 bits per heavy atom. The fourth-order valence-electron chi connectivity index (χ4n) is 4.20. The molecule has 0 unspecified atom stereocenters. The fraction of sp³-hybridized carbons (Fsp3) is 0.259. The number of amides is 1. The first-order chi connectivity index (χ1) is 17.0. The molecule has 4 rings (SSSR count). The molecule has 0 fully saturated rings. The van der Waals surface area contributed by atoms with Crippen LogP contribution in [-0.2, 0) is 11.3 Å². The molecular formula is C27H28N2O5S. The Bertz CT molecular complexity index is 1270. The van der Waals surface area contributed by atoms with Gasteiger partial charge in [-0.1, -0.05) is 6.07 Å². The summed E-state index contributed by atoms with van der Waals surface area (Å²) in [5.74, 6) is 2.38. The normalized spacial score (nSPS) is 13.6. The van der Waals surface area contributed by atoms with Crippen LogP contribution >= 0.6 is 11.3 Å². The number of hydrogen-bond acceptors (Lipinski definition) is 7. The third-order valence-electron chi connectivity index (χ3n) is 5.95. The van der Waals surface area contributed by atoms with Crippen LogP contribution in [0.5, 0.6) is 23.0 Å². The van der Waals surface area contributed by atoms with Crippen molar-refractivity contribution >= 4 is 34.5 Å². The second-order valence-electron chi connectivity index (χ2n) is 7.91. The molecule has 0 aliphatic heterocycles. The highest BCUT2D eigenvalue weighted by molar-refractivity contribution is 7.09. The van der Waals surface area contributed by atoms with Crippen LogP contribution in [0.2, 0.25) is 0 Å². The molecule has 0 radical (unpaired) electrons. The summed E-state index contributed by atoms with van der Waals surface area (Å²) in [7, 11) is 6.41. The molecule has 8 heteroatoms. The Labute approximate surface area is 209 Å². The number of nitrogens with zero attached hydrogens (tertiary/aromatic N) is 1. The molecule has 3 aromatic rings. The van der Waals surface area contributed by atoms with Gasteiger partial charge >= 0.3 is 0 Å². The van der Waals surface area contributed by atoms with Gasteiger partial charge in [-0.05, 0) is 70.7 Å². The molecule has 1 aromatic heterocycles. The molecule has 7 nitrogen and oxygen atoms in total. The molecule has 0 saturated carbocycles. The van der Waals surface area contributed by atoms with Crippen LogP contribution < -0.4 is 24.3 Å². The number of nitrogens with one attached hydrogen (secondary N) is 1. The highest BCUT2D eigenvalue weighted by Crippen LogP contribution is 2.46. The van der Waals surface area contributed by atoms with Crippen molar-refractivity contribution in [1.82, 2.24) is 10.3 Å². The fourth-order valence-corrected chi connectivity index (χ4v) is 4.76. The van der Waals surface area contributed by atoms with E-state index in [1.54, 1.807) is 34.6 Å². The monoisotopic (exact) mass is 492 g/mol. The van der Waals surface area contributed by atoms with Crippen molar-refractivity contribution in [2.75, 3.05) is 28.4 Å². The number of ether oxygens (including phenoxy) is 4. The van der Waals surface area contributed by atoms with E-state index >= 15 is 0 Å². The van der Waals surface area contributed by atoms with Crippen molar-refractivity contribution in [1.29, 1.82) is 0 Å². The number of rotatable bonds is 9. The van der Waals surface area contributed by atoms with Crippen molar-refractivity contribution < 1.29 is 23.7 Å². The first kappa shape index (κ1) is 24.3. The van der Waals surface area contributed by atoms with E-state index in [1.165, 1.54) is 11.3 Å². The van der Waals surface area contributed by atoms with E-state index < -0.39 is 0 Å². The van der Waals surface area contributed by atoms with Crippen LogP contribution in [-0.4, -0.2) is 39.3 Å². The second-order valence-corrected chi connectivity index (χ2v) is 8.89. The van der Waals surface area contributed by atoms with Crippen LogP contribution in [0.3, 0.4) is 0 Å². The molecule has 0 spiro atoms. The molecule has 1 heterocycles. The zero-order chi connectivity index (χ0) is 24.9. The zero-order valence-corrected chi connectivity index (χ0v) is 21.2. The van der Waals surface area contributed by atoms with E-state index in [0.29, 0.717) is 23.8 Å². The third kappa shape index (κ3) is 5.02. The molecule has 35 heavy (non-hydrogen) atoms. The van der Waals surface area contributed by atoms with Gasteiger partial charge in [-0.2, -0.15) is 0 Å². The topological polar surface area (TPSA) is 78.9 Å². The standard InChI is InChI=1S/C27H28N2O5S/c1-16-20(10-17-11-23(32-3)27(34-5)24(12-17)33-4)19-7-6-18(31-2)13-22(19)21(16)14-25(30)29-15-26-28-8-9-35-26/h6-13H,14-15H2,1-5H3,(H,29,30). The van der Waals surface area contributed by atoms with Gasteiger partial charge in [0, 0.05) is 11.6 Å². The van der Waals surface area contributed by atoms with Crippen LogP contribution in [0.4, 0.5) is 0 Å². The average Bonchev–Trinajstić information content (AvgIpc) is 3.49. The molecule has 182 valence electrons. The van der Waals surface area contributed by atoms with E-state index in [0.717, 1.165) is 44.2 Å². The summed E-state index contributed by atoms with van der Waals surface area (Å²) in [6.45, 7) is 2.46. The molecule has 0 saturated heterocycles. The van der Waals surface area contributed by atoms with Crippen LogP contribution in [0.15, 0.2) is 47.5 Å². The summed E-state index contributed by atoms with van der Waals surface area (Å²) < 4.78 is 22.0. The summed E-state index contributed by atoms with van der Waals surface area (Å²) in [4.78, 5) is 17.1. The third-order valence-corrected chi connectivity index (χ3v) is 6.73. The number of aromatic nitrogens is 1. The predicted octanol–water partition coefficient (Wildman–Crippen LogP) is 5.21. The van der Waals surface area contributed by atoms with E-state index in [1.807, 2.05) is 42.6 Å². The summed E-state index contributed by atoms with van der Waals surface area (Å²) in [5.41, 5.74) is 5.95. The van der Waals surface area contributed by atoms with Gasteiger partial charge < -0.3 is 24.3 Å². The number of benzene rings is 2. The maximum atomic E-state index is 12.8. The number of hydrogen-bond donors (Lipinski definition) is 1. The van der Waals surface area contributed by atoms with Gasteiger partial charge in [-0.25, -0.2) is 4.98 Å². The summed E-state index contributed by atoms with van der Waals surface area (Å²) in [6, 6.07) is 9.76. The number of thiazole rings is 1. The number of carbonyl (C=O) groups is 1. The first-order valence-corrected chi connectivity index (χ1v) is 11.9. The quantitative estimate of drug-likeness (QED) is 0.442. The van der Waals surface area contributed by atoms with E-state index in [2.05, 4.69) is 16.4 Å². The lowest BCUT2D eigenvalue weighted by Gasteiger charge is -2.13. The minimum Gasteiger partial charge on any atom is -0.497 e. The summed E-state index contributed by atoms with van der Waals surface area (Å²) in [5, 5.41) is 5.75. The minimum atomic E-state index is -0.0580. The lowest BCUT2D eigenvalue weighted by Crippen LogP contribution is -2.22. The smallest absolute Gasteiger partial charge is 0.224 e. The van der Waals surface area contributed by atoms with Crippen molar-refractivity contribution in [2.45, 2.75) is 19.9 Å². The Balaban J connectivity index is 1.73. The van der Waals surface area contributed by atoms with E-state index in [9.17, 15) is 4.79 Å². The van der Waals surface area contributed by atoms with Gasteiger partial charge in [0.1, 0.15) is 10.8 Å². The van der Waals surface area contributed by atoms with Crippen LogP contribution in [0, 0.1) is 0 Å².